The molecule has 2 aromatic carbocycles. The van der Waals surface area contributed by atoms with Gasteiger partial charge in [-0.15, -0.1) is 0 Å². The molecule has 0 saturated heterocycles. The first kappa shape index (κ1) is 17.0. The van der Waals surface area contributed by atoms with Crippen molar-refractivity contribution in [1.82, 2.24) is 0 Å². The van der Waals surface area contributed by atoms with Crippen LogP contribution < -0.4 is 4.72 Å². The van der Waals surface area contributed by atoms with Gasteiger partial charge < -0.3 is 0 Å². The summed E-state index contributed by atoms with van der Waals surface area (Å²) in [5.74, 6) is -2.11. The van der Waals surface area contributed by atoms with E-state index in [1.54, 1.807) is 19.1 Å². The minimum absolute atomic E-state index is 0.114. The van der Waals surface area contributed by atoms with Gasteiger partial charge in [0, 0.05) is 0 Å². The van der Waals surface area contributed by atoms with Crippen LogP contribution in [0.2, 0.25) is 0 Å². The molecule has 122 valence electrons. The van der Waals surface area contributed by atoms with Crippen LogP contribution in [0.1, 0.15) is 15.9 Å². The number of aryl methyl sites for hydroxylation is 1. The molecule has 0 aliphatic heterocycles. The Balaban J connectivity index is 2.41. The van der Waals surface area contributed by atoms with Crippen molar-refractivity contribution in [2.24, 2.45) is 0 Å². The van der Waals surface area contributed by atoms with Crippen LogP contribution >= 0.6 is 0 Å². The third kappa shape index (κ3) is 3.89. The molecular weight excluding hydrogens is 331 g/mol. The van der Waals surface area contributed by atoms with Crippen molar-refractivity contribution in [3.63, 3.8) is 0 Å². The molecule has 0 spiro atoms. The van der Waals surface area contributed by atoms with Gasteiger partial charge in [-0.25, -0.2) is 8.42 Å². The molecule has 23 heavy (non-hydrogen) atoms. The van der Waals surface area contributed by atoms with Gasteiger partial charge in [0.05, 0.1) is 16.1 Å². The van der Waals surface area contributed by atoms with Gasteiger partial charge in [0.2, 0.25) is 0 Å². The second kappa shape index (κ2) is 6.04. The molecule has 0 bridgehead atoms. The van der Waals surface area contributed by atoms with Crippen molar-refractivity contribution in [3.8, 4) is 0 Å². The quantitative estimate of drug-likeness (QED) is 0.864. The largest absolute Gasteiger partial charge is 0.454 e. The molecule has 1 N–H and O–H groups in total. The predicted molar refractivity (Wildman–Crippen MR) is 78.8 cm³/mol. The second-order valence-corrected chi connectivity index (χ2v) is 6.47. The van der Waals surface area contributed by atoms with E-state index in [1.807, 2.05) is 4.72 Å². The highest BCUT2D eigenvalue weighted by molar-refractivity contribution is 7.92. The molecule has 0 atom stereocenters. The number of anilines is 1. The minimum atomic E-state index is -5.09. The monoisotopic (exact) mass is 343 g/mol. The number of sulfonamides is 1. The zero-order valence-electron chi connectivity index (χ0n) is 11.9. The molecule has 0 saturated carbocycles. The summed E-state index contributed by atoms with van der Waals surface area (Å²) in [6, 6.07) is 10.3. The Morgan fingerprint density at radius 1 is 1.00 bits per heavy atom. The Labute approximate surface area is 131 Å². The number of rotatable bonds is 4. The van der Waals surface area contributed by atoms with Crippen LogP contribution in [0.5, 0.6) is 0 Å². The number of para-hydroxylation sites is 1. The first-order valence-corrected chi connectivity index (χ1v) is 7.89. The van der Waals surface area contributed by atoms with Gasteiger partial charge in [-0.05, 0) is 31.2 Å². The van der Waals surface area contributed by atoms with Gasteiger partial charge >= 0.3 is 6.18 Å². The number of nitrogens with one attached hydrogen (secondary N) is 1. The van der Waals surface area contributed by atoms with E-state index >= 15 is 0 Å². The van der Waals surface area contributed by atoms with Gasteiger partial charge in [-0.1, -0.05) is 29.8 Å². The standard InChI is InChI=1S/C15H12F3NO3S/c1-10-6-8-11(9-7-10)23(21,22)19-13-5-3-2-4-12(13)14(20)15(16,17)18/h2-9,19H,1H3. The maximum absolute atomic E-state index is 12.6. The number of benzene rings is 2. The summed E-state index contributed by atoms with van der Waals surface area (Å²) in [6.45, 7) is 1.77. The number of Topliss-reactive ketones (excluding diaryl/α,β-unsaturated/α-hetero) is 1. The van der Waals surface area contributed by atoms with Crippen molar-refractivity contribution in [2.75, 3.05) is 4.72 Å². The number of alkyl halides is 3. The van der Waals surface area contributed by atoms with E-state index in [-0.39, 0.29) is 4.90 Å². The van der Waals surface area contributed by atoms with Gasteiger partial charge in [0.1, 0.15) is 0 Å². The Bertz CT molecular complexity index is 828. The molecule has 0 fully saturated rings. The summed E-state index contributed by atoms with van der Waals surface area (Å²) in [7, 11) is -4.10. The lowest BCUT2D eigenvalue weighted by Crippen LogP contribution is -2.25. The molecule has 0 heterocycles. The molecule has 0 unspecified atom stereocenters. The lowest BCUT2D eigenvalue weighted by atomic mass is 10.1. The molecule has 0 aliphatic rings. The zero-order valence-corrected chi connectivity index (χ0v) is 12.7. The van der Waals surface area contributed by atoms with E-state index in [4.69, 9.17) is 0 Å². The minimum Gasteiger partial charge on any atom is -0.284 e. The van der Waals surface area contributed by atoms with Crippen LogP contribution in [0, 0.1) is 6.92 Å². The molecule has 8 heteroatoms. The van der Waals surface area contributed by atoms with E-state index < -0.39 is 33.2 Å². The molecule has 4 nitrogen and oxygen atoms in total. The number of halogens is 3. The first-order valence-electron chi connectivity index (χ1n) is 6.41. The van der Waals surface area contributed by atoms with Crippen molar-refractivity contribution in [3.05, 3.63) is 59.7 Å². The van der Waals surface area contributed by atoms with E-state index in [9.17, 15) is 26.4 Å². The van der Waals surface area contributed by atoms with E-state index in [2.05, 4.69) is 0 Å². The molecule has 0 aliphatic carbocycles. The van der Waals surface area contributed by atoms with Crippen LogP contribution in [-0.4, -0.2) is 20.4 Å². The van der Waals surface area contributed by atoms with Crippen LogP contribution in [0.4, 0.5) is 18.9 Å². The van der Waals surface area contributed by atoms with Crippen molar-refractivity contribution in [2.45, 2.75) is 18.0 Å². The second-order valence-electron chi connectivity index (χ2n) is 4.79. The Kier molecular flexibility index (Phi) is 4.46. The van der Waals surface area contributed by atoms with E-state index in [0.717, 1.165) is 17.7 Å². The van der Waals surface area contributed by atoms with Gasteiger partial charge in [0.15, 0.2) is 0 Å². The maximum Gasteiger partial charge on any atom is 0.454 e. The van der Waals surface area contributed by atoms with Crippen molar-refractivity contribution in [1.29, 1.82) is 0 Å². The van der Waals surface area contributed by atoms with Gasteiger partial charge in [0.25, 0.3) is 15.8 Å². The Hall–Kier alpha value is -2.35. The van der Waals surface area contributed by atoms with E-state index in [0.29, 0.717) is 0 Å². The lowest BCUT2D eigenvalue weighted by Gasteiger charge is -2.13. The fourth-order valence-corrected chi connectivity index (χ4v) is 2.92. The van der Waals surface area contributed by atoms with Crippen LogP contribution in [0.25, 0.3) is 0 Å². The number of carbonyl (C=O) groups excluding carboxylic acids is 1. The topological polar surface area (TPSA) is 63.2 Å². The highest BCUT2D eigenvalue weighted by Crippen LogP contribution is 2.27. The number of hydrogen-bond donors (Lipinski definition) is 1. The molecule has 2 rings (SSSR count). The fraction of sp³-hybridized carbons (Fsp3) is 0.133. The summed E-state index contributed by atoms with van der Waals surface area (Å²) < 4.78 is 64.3. The summed E-state index contributed by atoms with van der Waals surface area (Å²) in [5, 5.41) is 0. The molecule has 0 radical (unpaired) electrons. The Morgan fingerprint density at radius 3 is 2.13 bits per heavy atom. The molecule has 0 amide bonds. The smallest absolute Gasteiger partial charge is 0.284 e. The normalized spacial score (nSPS) is 12.0. The first-order chi connectivity index (χ1) is 10.6. The zero-order chi connectivity index (χ0) is 17.3. The summed E-state index contributed by atoms with van der Waals surface area (Å²) >= 11 is 0. The molecular formula is C15H12F3NO3S. The lowest BCUT2D eigenvalue weighted by molar-refractivity contribution is -0.0884. The van der Waals surface area contributed by atoms with Crippen molar-refractivity contribution >= 4 is 21.5 Å². The third-order valence-corrected chi connectivity index (χ3v) is 4.39. The number of carbonyl (C=O) groups is 1. The van der Waals surface area contributed by atoms with Gasteiger partial charge in [-0.3, -0.25) is 9.52 Å². The SMILES string of the molecule is Cc1ccc(S(=O)(=O)Nc2ccccc2C(=O)C(F)(F)F)cc1. The maximum atomic E-state index is 12.6. The van der Waals surface area contributed by atoms with Crippen molar-refractivity contribution < 1.29 is 26.4 Å². The third-order valence-electron chi connectivity index (χ3n) is 3.00. The number of hydrogen-bond acceptors (Lipinski definition) is 3. The highest BCUT2D eigenvalue weighted by atomic mass is 32.2. The summed E-state index contributed by atoms with van der Waals surface area (Å²) in [5.41, 5.74) is -0.345. The average molecular weight is 343 g/mol. The van der Waals surface area contributed by atoms with E-state index in [1.165, 1.54) is 24.3 Å². The van der Waals surface area contributed by atoms with Gasteiger partial charge in [-0.2, -0.15) is 13.2 Å². The molecule has 2 aromatic rings. The highest BCUT2D eigenvalue weighted by Gasteiger charge is 2.40. The number of ketones is 1. The fourth-order valence-electron chi connectivity index (χ4n) is 1.84. The molecule has 0 aromatic heterocycles. The van der Waals surface area contributed by atoms with Crippen LogP contribution in [-0.2, 0) is 10.0 Å². The Morgan fingerprint density at radius 2 is 1.57 bits per heavy atom. The predicted octanol–water partition coefficient (Wildman–Crippen LogP) is 3.54. The summed E-state index contributed by atoms with van der Waals surface area (Å²) in [4.78, 5) is 11.3. The van der Waals surface area contributed by atoms with Crippen LogP contribution in [0.15, 0.2) is 53.4 Å². The average Bonchev–Trinajstić information content (AvgIpc) is 2.46. The van der Waals surface area contributed by atoms with Crippen LogP contribution in [0.3, 0.4) is 0 Å². The summed E-state index contributed by atoms with van der Waals surface area (Å²) in [6.07, 6.45) is -5.09.